The van der Waals surface area contributed by atoms with Crippen molar-refractivity contribution in [1.29, 1.82) is 5.26 Å². The van der Waals surface area contributed by atoms with E-state index in [-0.39, 0.29) is 6.61 Å². The van der Waals surface area contributed by atoms with Crippen LogP contribution in [0.25, 0.3) is 0 Å². The van der Waals surface area contributed by atoms with Crippen LogP contribution < -0.4 is 5.73 Å². The molecule has 1 atom stereocenters. The minimum absolute atomic E-state index is 0.113. The van der Waals surface area contributed by atoms with Crippen molar-refractivity contribution >= 4 is 11.3 Å². The van der Waals surface area contributed by atoms with Crippen LogP contribution >= 0.6 is 11.3 Å². The summed E-state index contributed by atoms with van der Waals surface area (Å²) in [4.78, 5) is 1.46. The number of rotatable bonds is 2. The van der Waals surface area contributed by atoms with Gasteiger partial charge in [0.15, 0.2) is 0 Å². The Kier molecular flexibility index (Phi) is 2.48. The number of nitrogens with two attached hydrogens (primary N) is 1. The van der Waals surface area contributed by atoms with E-state index in [9.17, 15) is 0 Å². The van der Waals surface area contributed by atoms with Crippen LogP contribution in [0.3, 0.4) is 0 Å². The van der Waals surface area contributed by atoms with E-state index >= 15 is 0 Å². The Labute approximate surface area is 75.1 Å². The summed E-state index contributed by atoms with van der Waals surface area (Å²) in [5.41, 5.74) is 5.03. The molecule has 0 aliphatic carbocycles. The lowest BCUT2D eigenvalue weighted by Crippen LogP contribution is -2.35. The normalized spacial score (nSPS) is 15.2. The molecule has 1 aromatic rings. The van der Waals surface area contributed by atoms with Crippen LogP contribution in [0.2, 0.25) is 0 Å². The van der Waals surface area contributed by atoms with Gasteiger partial charge in [0.25, 0.3) is 0 Å². The van der Waals surface area contributed by atoms with E-state index in [1.807, 2.05) is 6.07 Å². The molecule has 1 heterocycles. The smallest absolute Gasteiger partial charge is 0.110 e. The number of nitriles is 1. The quantitative estimate of drug-likeness (QED) is 0.710. The first kappa shape index (κ1) is 9.20. The summed E-state index contributed by atoms with van der Waals surface area (Å²) in [5.74, 6) is 0. The lowest BCUT2D eigenvalue weighted by molar-refractivity contribution is 0.212. The zero-order valence-corrected chi connectivity index (χ0v) is 7.56. The van der Waals surface area contributed by atoms with Crippen molar-refractivity contribution in [2.24, 2.45) is 5.73 Å². The molecule has 3 nitrogen and oxygen atoms in total. The number of aliphatic hydroxyl groups is 1. The highest BCUT2D eigenvalue weighted by Gasteiger charge is 2.21. The van der Waals surface area contributed by atoms with E-state index in [1.54, 1.807) is 19.1 Å². The Hall–Kier alpha value is -0.890. The van der Waals surface area contributed by atoms with Gasteiger partial charge in [0.1, 0.15) is 10.9 Å². The third-order valence-electron chi connectivity index (χ3n) is 1.61. The maximum atomic E-state index is 8.93. The maximum Gasteiger partial charge on any atom is 0.110 e. The Morgan fingerprint density at radius 2 is 2.42 bits per heavy atom. The molecule has 0 fully saturated rings. The molecule has 3 N–H and O–H groups in total. The lowest BCUT2D eigenvalue weighted by atomic mass is 10.0. The summed E-state index contributed by atoms with van der Waals surface area (Å²) in [7, 11) is 0. The van der Waals surface area contributed by atoms with Crippen LogP contribution in [-0.2, 0) is 5.54 Å². The number of nitrogens with zero attached hydrogens (tertiary/aromatic N) is 1. The first-order valence-corrected chi connectivity index (χ1v) is 4.32. The average molecular weight is 182 g/mol. The fraction of sp³-hybridized carbons (Fsp3) is 0.375. The Bertz CT molecular complexity index is 311. The molecule has 64 valence electrons. The molecule has 1 aromatic heterocycles. The van der Waals surface area contributed by atoms with Crippen LogP contribution in [0, 0.1) is 11.3 Å². The SMILES string of the molecule is C[C@](N)(CO)c1ccc(C#N)s1. The van der Waals surface area contributed by atoms with Gasteiger partial charge < -0.3 is 10.8 Å². The summed E-state index contributed by atoms with van der Waals surface area (Å²) in [5, 5.41) is 17.5. The Morgan fingerprint density at radius 1 is 1.75 bits per heavy atom. The molecule has 1 rings (SSSR count). The first-order valence-electron chi connectivity index (χ1n) is 3.50. The van der Waals surface area contributed by atoms with Crippen LogP contribution in [0.5, 0.6) is 0 Å². The highest BCUT2D eigenvalue weighted by atomic mass is 32.1. The third kappa shape index (κ3) is 1.64. The third-order valence-corrected chi connectivity index (χ3v) is 2.88. The monoisotopic (exact) mass is 182 g/mol. The second-order valence-corrected chi connectivity index (χ2v) is 3.94. The number of thiophene rings is 1. The summed E-state index contributed by atoms with van der Waals surface area (Å²) in [6.45, 7) is 1.62. The molecule has 0 aliphatic heterocycles. The number of hydrogen-bond donors (Lipinski definition) is 2. The fourth-order valence-corrected chi connectivity index (χ4v) is 1.64. The molecule has 0 saturated heterocycles. The van der Waals surface area contributed by atoms with Crippen LogP contribution in [0.1, 0.15) is 16.7 Å². The first-order chi connectivity index (χ1) is 5.60. The van der Waals surface area contributed by atoms with E-state index < -0.39 is 5.54 Å². The van der Waals surface area contributed by atoms with Gasteiger partial charge in [-0.25, -0.2) is 0 Å². The molecule has 12 heavy (non-hydrogen) atoms. The van der Waals surface area contributed by atoms with Gasteiger partial charge in [0.05, 0.1) is 12.1 Å². The van der Waals surface area contributed by atoms with Crippen molar-refractivity contribution in [3.8, 4) is 6.07 Å². The van der Waals surface area contributed by atoms with Crippen molar-refractivity contribution in [2.75, 3.05) is 6.61 Å². The Balaban J connectivity index is 2.98. The molecular formula is C8H10N2OS. The highest BCUT2D eigenvalue weighted by molar-refractivity contribution is 7.12. The molecule has 0 spiro atoms. The fourth-order valence-electron chi connectivity index (χ4n) is 0.783. The van der Waals surface area contributed by atoms with E-state index in [0.717, 1.165) is 4.88 Å². The topological polar surface area (TPSA) is 70.0 Å². The van der Waals surface area contributed by atoms with Gasteiger partial charge in [-0.2, -0.15) is 5.26 Å². The second-order valence-electron chi connectivity index (χ2n) is 2.85. The minimum atomic E-state index is -0.722. The second kappa shape index (κ2) is 3.23. The largest absolute Gasteiger partial charge is 0.394 e. The molecule has 4 heteroatoms. The molecule has 0 amide bonds. The van der Waals surface area contributed by atoms with Crippen LogP contribution in [0.15, 0.2) is 12.1 Å². The van der Waals surface area contributed by atoms with Crippen molar-refractivity contribution in [1.82, 2.24) is 0 Å². The summed E-state index contributed by atoms with van der Waals surface area (Å²) < 4.78 is 0. The summed E-state index contributed by atoms with van der Waals surface area (Å²) in [6.07, 6.45) is 0. The van der Waals surface area contributed by atoms with Crippen LogP contribution in [-0.4, -0.2) is 11.7 Å². The van der Waals surface area contributed by atoms with Crippen molar-refractivity contribution in [2.45, 2.75) is 12.5 Å². The van der Waals surface area contributed by atoms with Crippen molar-refractivity contribution in [3.63, 3.8) is 0 Å². The standard InChI is InChI=1S/C8H10N2OS/c1-8(10,5-11)7-3-2-6(4-9)12-7/h2-3,11H,5,10H2,1H3/t8-/m0/s1. The zero-order valence-electron chi connectivity index (χ0n) is 6.74. The molecule has 0 aromatic carbocycles. The Morgan fingerprint density at radius 3 is 2.83 bits per heavy atom. The molecule has 0 unspecified atom stereocenters. The van der Waals surface area contributed by atoms with E-state index in [2.05, 4.69) is 0 Å². The summed E-state index contributed by atoms with van der Waals surface area (Å²) >= 11 is 1.32. The molecular weight excluding hydrogens is 172 g/mol. The molecule has 0 saturated carbocycles. The summed E-state index contributed by atoms with van der Waals surface area (Å²) in [6, 6.07) is 5.51. The molecule has 0 aliphatic rings. The van der Waals surface area contributed by atoms with Gasteiger partial charge in [0.2, 0.25) is 0 Å². The van der Waals surface area contributed by atoms with Crippen molar-refractivity contribution < 1.29 is 5.11 Å². The van der Waals surface area contributed by atoms with Gasteiger partial charge in [-0.05, 0) is 19.1 Å². The highest BCUT2D eigenvalue weighted by Crippen LogP contribution is 2.25. The van der Waals surface area contributed by atoms with E-state index in [4.69, 9.17) is 16.1 Å². The number of hydrogen-bond acceptors (Lipinski definition) is 4. The average Bonchev–Trinajstić information content (AvgIpc) is 2.52. The van der Waals surface area contributed by atoms with Crippen molar-refractivity contribution in [3.05, 3.63) is 21.9 Å². The predicted octanol–water partition coefficient (Wildman–Crippen LogP) is 0.786. The molecule has 0 bridgehead atoms. The van der Waals surface area contributed by atoms with Gasteiger partial charge in [0, 0.05) is 4.88 Å². The number of aliphatic hydroxyl groups excluding tert-OH is 1. The van der Waals surface area contributed by atoms with E-state index in [1.165, 1.54) is 11.3 Å². The maximum absolute atomic E-state index is 8.93. The van der Waals surface area contributed by atoms with Gasteiger partial charge >= 0.3 is 0 Å². The molecule has 0 radical (unpaired) electrons. The van der Waals surface area contributed by atoms with Gasteiger partial charge in [-0.1, -0.05) is 0 Å². The van der Waals surface area contributed by atoms with Gasteiger partial charge in [-0.15, -0.1) is 11.3 Å². The van der Waals surface area contributed by atoms with Crippen LogP contribution in [0.4, 0.5) is 0 Å². The lowest BCUT2D eigenvalue weighted by Gasteiger charge is -2.19. The van der Waals surface area contributed by atoms with Gasteiger partial charge in [-0.3, -0.25) is 0 Å². The van der Waals surface area contributed by atoms with E-state index in [0.29, 0.717) is 4.88 Å². The minimum Gasteiger partial charge on any atom is -0.394 e. The predicted molar refractivity (Wildman–Crippen MR) is 47.7 cm³/mol. The zero-order chi connectivity index (χ0) is 9.19.